The summed E-state index contributed by atoms with van der Waals surface area (Å²) in [5, 5.41) is 22.8. The fourth-order valence-corrected chi connectivity index (χ4v) is 5.14. The van der Waals surface area contributed by atoms with Crippen LogP contribution in [0.3, 0.4) is 0 Å². The quantitative estimate of drug-likeness (QED) is 0.226. The van der Waals surface area contributed by atoms with Crippen molar-refractivity contribution in [2.45, 2.75) is 63.9 Å². The number of hydrogen-bond donors (Lipinski definition) is 2. The van der Waals surface area contributed by atoms with Crippen LogP contribution in [-0.2, 0) is 22.3 Å². The molecule has 0 fully saturated rings. The van der Waals surface area contributed by atoms with E-state index in [1.54, 1.807) is 50.0 Å². The lowest BCUT2D eigenvalue weighted by atomic mass is 9.78. The highest BCUT2D eigenvalue weighted by molar-refractivity contribution is 7.97. The van der Waals surface area contributed by atoms with E-state index in [4.69, 9.17) is 26.4 Å². The second-order valence-corrected chi connectivity index (χ2v) is 12.3. The minimum Gasteiger partial charge on any atom is -0.507 e. The molecule has 0 aliphatic carbocycles. The fraction of sp³-hybridized carbons (Fsp3) is 0.464. The molecule has 2 aromatic carbocycles. The molecule has 0 aliphatic heterocycles. The third-order valence-corrected chi connectivity index (χ3v) is 7.31. The molecule has 0 atom stereocenters. The zero-order valence-electron chi connectivity index (χ0n) is 23.6. The first-order valence-electron chi connectivity index (χ1n) is 12.3. The first kappa shape index (κ1) is 29.6. The highest BCUT2D eigenvalue weighted by atomic mass is 32.2. The highest BCUT2D eigenvalue weighted by Gasteiger charge is 2.26. The SMILES string of the molecule is COc1ccc(/C=N/n2c(CSCc3cc(C(C)(C)C)c(O)c(C(C)(C)C)c3)n[nH]c2=S)c(OC)c1OC. The maximum absolute atomic E-state index is 11.0. The van der Waals surface area contributed by atoms with Crippen LogP contribution < -0.4 is 14.2 Å². The average molecular weight is 559 g/mol. The van der Waals surface area contributed by atoms with Crippen molar-refractivity contribution in [3.8, 4) is 23.0 Å². The van der Waals surface area contributed by atoms with Gasteiger partial charge in [0.1, 0.15) is 5.75 Å². The van der Waals surface area contributed by atoms with Crippen LogP contribution >= 0.6 is 24.0 Å². The van der Waals surface area contributed by atoms with Crippen LogP contribution in [0.1, 0.15) is 69.6 Å². The Bertz CT molecular complexity index is 1330. The zero-order valence-corrected chi connectivity index (χ0v) is 25.3. The molecule has 0 unspecified atom stereocenters. The number of aromatic hydroxyl groups is 1. The van der Waals surface area contributed by atoms with Crippen LogP contribution in [0.25, 0.3) is 0 Å². The number of nitrogens with one attached hydrogen (secondary N) is 1. The lowest BCUT2D eigenvalue weighted by Crippen LogP contribution is -2.17. The Balaban J connectivity index is 1.84. The molecule has 1 heterocycles. The number of aromatic nitrogens is 3. The molecule has 38 heavy (non-hydrogen) atoms. The van der Waals surface area contributed by atoms with E-state index >= 15 is 0 Å². The molecule has 0 amide bonds. The molecule has 8 nitrogen and oxygen atoms in total. The van der Waals surface area contributed by atoms with E-state index in [1.807, 2.05) is 6.07 Å². The molecular formula is C28H38N4O4S2. The van der Waals surface area contributed by atoms with E-state index in [0.29, 0.717) is 44.9 Å². The maximum atomic E-state index is 11.0. The van der Waals surface area contributed by atoms with Crippen LogP contribution in [0.5, 0.6) is 23.0 Å². The molecular weight excluding hydrogens is 520 g/mol. The summed E-state index contributed by atoms with van der Waals surface area (Å²) in [6.07, 6.45) is 1.66. The molecule has 2 N–H and O–H groups in total. The van der Waals surface area contributed by atoms with Gasteiger partial charge in [0.15, 0.2) is 17.3 Å². The molecule has 0 saturated heterocycles. The monoisotopic (exact) mass is 558 g/mol. The Morgan fingerprint density at radius 1 is 0.974 bits per heavy atom. The number of hydrogen-bond acceptors (Lipinski definition) is 8. The summed E-state index contributed by atoms with van der Waals surface area (Å²) in [6, 6.07) is 7.85. The van der Waals surface area contributed by atoms with Crippen LogP contribution in [0, 0.1) is 4.77 Å². The number of aromatic amines is 1. The largest absolute Gasteiger partial charge is 0.507 e. The van der Waals surface area contributed by atoms with Gasteiger partial charge < -0.3 is 19.3 Å². The number of phenols is 1. The van der Waals surface area contributed by atoms with E-state index in [1.165, 1.54) is 0 Å². The van der Waals surface area contributed by atoms with E-state index in [0.717, 1.165) is 22.4 Å². The summed E-state index contributed by atoms with van der Waals surface area (Å²) in [4.78, 5) is 0. The molecule has 0 aliphatic rings. The Hall–Kier alpha value is -2.98. The van der Waals surface area contributed by atoms with Crippen LogP contribution in [0.2, 0.25) is 0 Å². The number of methoxy groups -OCH3 is 3. The number of benzene rings is 2. The van der Waals surface area contributed by atoms with E-state index in [-0.39, 0.29) is 10.8 Å². The second-order valence-electron chi connectivity index (χ2n) is 11.0. The minimum atomic E-state index is -0.174. The van der Waals surface area contributed by atoms with Crippen molar-refractivity contribution in [1.82, 2.24) is 14.9 Å². The normalized spacial score (nSPS) is 12.2. The van der Waals surface area contributed by atoms with Crippen molar-refractivity contribution in [1.29, 1.82) is 0 Å². The average Bonchev–Trinajstić information content (AvgIpc) is 3.20. The van der Waals surface area contributed by atoms with Gasteiger partial charge in [0.05, 0.1) is 33.3 Å². The van der Waals surface area contributed by atoms with Gasteiger partial charge in [0.25, 0.3) is 0 Å². The Morgan fingerprint density at radius 2 is 1.58 bits per heavy atom. The van der Waals surface area contributed by atoms with Gasteiger partial charge in [0, 0.05) is 11.3 Å². The van der Waals surface area contributed by atoms with E-state index < -0.39 is 0 Å². The van der Waals surface area contributed by atoms with Crippen molar-refractivity contribution in [2.75, 3.05) is 21.3 Å². The maximum Gasteiger partial charge on any atom is 0.216 e. The van der Waals surface area contributed by atoms with Gasteiger partial charge in [-0.2, -0.15) is 14.9 Å². The lowest BCUT2D eigenvalue weighted by Gasteiger charge is -2.28. The smallest absolute Gasteiger partial charge is 0.216 e. The van der Waals surface area contributed by atoms with Crippen molar-refractivity contribution in [3.05, 3.63) is 57.1 Å². The van der Waals surface area contributed by atoms with Crippen LogP contribution in [0.15, 0.2) is 29.4 Å². The molecule has 1 aromatic heterocycles. The lowest BCUT2D eigenvalue weighted by molar-refractivity contribution is 0.324. The van der Waals surface area contributed by atoms with Gasteiger partial charge in [-0.1, -0.05) is 53.7 Å². The summed E-state index contributed by atoms with van der Waals surface area (Å²) in [7, 11) is 4.71. The third-order valence-electron chi connectivity index (χ3n) is 6.05. The fourth-order valence-electron chi connectivity index (χ4n) is 4.06. The zero-order chi connectivity index (χ0) is 28.3. The first-order valence-corrected chi connectivity index (χ1v) is 13.8. The molecule has 0 bridgehead atoms. The Kier molecular flexibility index (Phi) is 9.20. The van der Waals surface area contributed by atoms with E-state index in [2.05, 4.69) is 69.0 Å². The summed E-state index contributed by atoms with van der Waals surface area (Å²) < 4.78 is 18.4. The van der Waals surface area contributed by atoms with Gasteiger partial charge in [-0.3, -0.25) is 5.10 Å². The molecule has 0 saturated carbocycles. The number of rotatable bonds is 9. The molecule has 206 valence electrons. The second kappa shape index (κ2) is 11.8. The van der Waals surface area contributed by atoms with Gasteiger partial charge in [0.2, 0.25) is 10.5 Å². The van der Waals surface area contributed by atoms with Crippen LogP contribution in [-0.4, -0.2) is 47.5 Å². The summed E-state index contributed by atoms with van der Waals surface area (Å²) in [5.74, 6) is 3.99. The molecule has 0 spiro atoms. The van der Waals surface area contributed by atoms with Gasteiger partial charge >= 0.3 is 0 Å². The van der Waals surface area contributed by atoms with Crippen molar-refractivity contribution in [2.24, 2.45) is 5.10 Å². The standard InChI is InChI=1S/C28H38N4O4S2/c1-27(2,3)19-12-17(13-20(23(19)33)28(4,5)6)15-38-16-22-30-31-26(37)32(22)29-14-18-10-11-21(34-7)25(36-9)24(18)35-8/h10-14,33H,15-16H2,1-9H3,(H,31,37)/b29-14+. The summed E-state index contributed by atoms with van der Waals surface area (Å²) >= 11 is 7.14. The number of ether oxygens (including phenoxy) is 3. The van der Waals surface area contributed by atoms with E-state index in [9.17, 15) is 5.11 Å². The first-order chi connectivity index (χ1) is 17.8. The predicted molar refractivity (Wildman–Crippen MR) is 157 cm³/mol. The summed E-state index contributed by atoms with van der Waals surface area (Å²) in [6.45, 7) is 12.7. The Labute approximate surface area is 234 Å². The molecule has 0 radical (unpaired) electrons. The molecule has 10 heteroatoms. The van der Waals surface area contributed by atoms with Crippen molar-refractivity contribution >= 4 is 30.2 Å². The van der Waals surface area contributed by atoms with Crippen molar-refractivity contribution < 1.29 is 19.3 Å². The van der Waals surface area contributed by atoms with Gasteiger partial charge in [-0.15, -0.1) is 11.8 Å². The number of nitrogens with zero attached hydrogens (tertiary/aromatic N) is 3. The predicted octanol–water partition coefficient (Wildman–Crippen LogP) is 6.58. The van der Waals surface area contributed by atoms with Crippen molar-refractivity contribution in [3.63, 3.8) is 0 Å². The highest BCUT2D eigenvalue weighted by Crippen LogP contribution is 2.41. The Morgan fingerprint density at radius 3 is 2.11 bits per heavy atom. The summed E-state index contributed by atoms with van der Waals surface area (Å²) in [5.41, 5.74) is 3.43. The van der Waals surface area contributed by atoms with Gasteiger partial charge in [-0.05, 0) is 51.9 Å². The third kappa shape index (κ3) is 6.53. The number of H-pyrrole nitrogens is 1. The number of thioether (sulfide) groups is 1. The minimum absolute atomic E-state index is 0.174. The number of phenolic OH excluding ortho intramolecular Hbond substituents is 1. The molecule has 3 aromatic rings. The molecule has 3 rings (SSSR count). The topological polar surface area (TPSA) is 93.9 Å². The van der Waals surface area contributed by atoms with Gasteiger partial charge in [-0.25, -0.2) is 0 Å². The van der Waals surface area contributed by atoms with Crippen LogP contribution in [0.4, 0.5) is 0 Å².